The highest BCUT2D eigenvalue weighted by atomic mass is 32.2. The van der Waals surface area contributed by atoms with Crippen LogP contribution in [0.15, 0.2) is 29.6 Å². The van der Waals surface area contributed by atoms with Gasteiger partial charge in [0.2, 0.25) is 0 Å². The van der Waals surface area contributed by atoms with Crippen molar-refractivity contribution in [3.8, 4) is 11.3 Å². The standard InChI is InChI=1S/C10H8F3N3O2S2/c11-10(12,13)7-3-1-6(2-4-7)8-5-19-9(15-8)16-20(14,17)18/h1-5H,(H,15,16)(H2,14,17,18). The van der Waals surface area contributed by atoms with Gasteiger partial charge in [0.15, 0.2) is 5.13 Å². The van der Waals surface area contributed by atoms with Crippen molar-refractivity contribution in [2.45, 2.75) is 6.18 Å². The van der Waals surface area contributed by atoms with Crippen molar-refractivity contribution in [2.75, 3.05) is 4.72 Å². The number of halogens is 3. The van der Waals surface area contributed by atoms with E-state index >= 15 is 0 Å². The summed E-state index contributed by atoms with van der Waals surface area (Å²) >= 11 is 0.977. The zero-order chi connectivity index (χ0) is 15.0. The summed E-state index contributed by atoms with van der Waals surface area (Å²) in [7, 11) is -3.92. The third-order valence-electron chi connectivity index (χ3n) is 2.24. The molecule has 0 radical (unpaired) electrons. The topological polar surface area (TPSA) is 85.1 Å². The minimum absolute atomic E-state index is 0.0439. The van der Waals surface area contributed by atoms with Crippen LogP contribution in [0.2, 0.25) is 0 Å². The fourth-order valence-electron chi connectivity index (χ4n) is 1.40. The number of aromatic nitrogens is 1. The Bertz CT molecular complexity index is 708. The smallest absolute Gasteiger partial charge is 0.246 e. The van der Waals surface area contributed by atoms with Gasteiger partial charge in [-0.1, -0.05) is 12.1 Å². The highest BCUT2D eigenvalue weighted by Crippen LogP contribution is 2.31. The molecular weight excluding hydrogens is 315 g/mol. The largest absolute Gasteiger partial charge is 0.416 e. The first-order valence-corrected chi connectivity index (χ1v) is 7.51. The van der Waals surface area contributed by atoms with E-state index < -0.39 is 21.9 Å². The second kappa shape index (κ2) is 5.04. The fourth-order valence-corrected chi connectivity index (χ4v) is 2.80. The van der Waals surface area contributed by atoms with E-state index in [9.17, 15) is 21.6 Å². The van der Waals surface area contributed by atoms with Crippen molar-refractivity contribution < 1.29 is 21.6 Å². The van der Waals surface area contributed by atoms with Crippen LogP contribution in [0.3, 0.4) is 0 Å². The molecule has 0 spiro atoms. The summed E-state index contributed by atoms with van der Waals surface area (Å²) in [6.45, 7) is 0. The Balaban J connectivity index is 2.25. The number of nitrogens with zero attached hydrogens (tertiary/aromatic N) is 1. The molecule has 108 valence electrons. The third kappa shape index (κ3) is 3.68. The second-order valence-corrected chi connectivity index (χ2v) is 5.91. The quantitative estimate of drug-likeness (QED) is 0.910. The van der Waals surface area contributed by atoms with E-state index in [-0.39, 0.29) is 5.13 Å². The van der Waals surface area contributed by atoms with Crippen LogP contribution in [-0.4, -0.2) is 13.4 Å². The molecule has 0 saturated carbocycles. The molecule has 0 aliphatic rings. The minimum atomic E-state index is -4.40. The SMILES string of the molecule is NS(=O)(=O)Nc1nc(-c2ccc(C(F)(F)F)cc2)cs1. The lowest BCUT2D eigenvalue weighted by Gasteiger charge is -2.06. The Kier molecular flexibility index (Phi) is 3.71. The number of hydrogen-bond acceptors (Lipinski definition) is 4. The Labute approximate surface area is 116 Å². The summed E-state index contributed by atoms with van der Waals surface area (Å²) in [4.78, 5) is 3.92. The summed E-state index contributed by atoms with van der Waals surface area (Å²) in [5, 5.41) is 6.34. The third-order valence-corrected chi connectivity index (χ3v) is 3.61. The van der Waals surface area contributed by atoms with E-state index in [0.717, 1.165) is 23.5 Å². The predicted octanol–water partition coefficient (Wildman–Crippen LogP) is 2.44. The van der Waals surface area contributed by atoms with Gasteiger partial charge in [0.05, 0.1) is 11.3 Å². The number of thiazole rings is 1. The van der Waals surface area contributed by atoms with Crippen LogP contribution in [0.25, 0.3) is 11.3 Å². The van der Waals surface area contributed by atoms with Gasteiger partial charge in [0.1, 0.15) is 0 Å². The molecule has 1 heterocycles. The normalized spacial score (nSPS) is 12.4. The van der Waals surface area contributed by atoms with Crippen LogP contribution in [0.5, 0.6) is 0 Å². The molecule has 0 bridgehead atoms. The van der Waals surface area contributed by atoms with Crippen molar-refractivity contribution in [3.05, 3.63) is 35.2 Å². The molecule has 0 saturated heterocycles. The maximum Gasteiger partial charge on any atom is 0.416 e. The van der Waals surface area contributed by atoms with Crippen LogP contribution in [0, 0.1) is 0 Å². The van der Waals surface area contributed by atoms with E-state index in [4.69, 9.17) is 5.14 Å². The van der Waals surface area contributed by atoms with Crippen LogP contribution >= 0.6 is 11.3 Å². The molecule has 0 fully saturated rings. The first kappa shape index (κ1) is 14.8. The van der Waals surface area contributed by atoms with Crippen LogP contribution in [0.4, 0.5) is 18.3 Å². The van der Waals surface area contributed by atoms with Gasteiger partial charge in [-0.25, -0.2) is 14.8 Å². The maximum atomic E-state index is 12.4. The molecule has 20 heavy (non-hydrogen) atoms. The Morgan fingerprint density at radius 1 is 1.20 bits per heavy atom. The molecule has 0 atom stereocenters. The first-order valence-electron chi connectivity index (χ1n) is 5.09. The van der Waals surface area contributed by atoms with Gasteiger partial charge in [-0.3, -0.25) is 0 Å². The van der Waals surface area contributed by atoms with Gasteiger partial charge in [0, 0.05) is 10.9 Å². The van der Waals surface area contributed by atoms with E-state index in [0.29, 0.717) is 11.3 Å². The zero-order valence-corrected chi connectivity index (χ0v) is 11.3. The number of benzene rings is 1. The maximum absolute atomic E-state index is 12.4. The predicted molar refractivity (Wildman–Crippen MR) is 69.3 cm³/mol. The van der Waals surface area contributed by atoms with Crippen molar-refractivity contribution in [3.63, 3.8) is 0 Å². The molecule has 10 heteroatoms. The van der Waals surface area contributed by atoms with Crippen molar-refractivity contribution >= 4 is 26.7 Å². The summed E-state index contributed by atoms with van der Waals surface area (Å²) in [5.74, 6) is 0. The fraction of sp³-hybridized carbons (Fsp3) is 0.100. The molecule has 3 N–H and O–H groups in total. The summed E-state index contributed by atoms with van der Waals surface area (Å²) in [6.07, 6.45) is -4.40. The molecule has 0 amide bonds. The van der Waals surface area contributed by atoms with Crippen LogP contribution in [0.1, 0.15) is 5.56 Å². The number of hydrogen-bond donors (Lipinski definition) is 2. The lowest BCUT2D eigenvalue weighted by Crippen LogP contribution is -2.21. The summed E-state index contributed by atoms with van der Waals surface area (Å²) < 4.78 is 60.8. The average Bonchev–Trinajstić information content (AvgIpc) is 2.74. The number of rotatable bonds is 3. The van der Waals surface area contributed by atoms with Gasteiger partial charge in [-0.05, 0) is 12.1 Å². The van der Waals surface area contributed by atoms with E-state index in [1.165, 1.54) is 17.5 Å². The lowest BCUT2D eigenvalue weighted by molar-refractivity contribution is -0.137. The molecular formula is C10H8F3N3O2S2. The van der Waals surface area contributed by atoms with Crippen LogP contribution in [-0.2, 0) is 16.4 Å². The molecule has 5 nitrogen and oxygen atoms in total. The van der Waals surface area contributed by atoms with Crippen molar-refractivity contribution in [1.82, 2.24) is 4.98 Å². The van der Waals surface area contributed by atoms with Crippen molar-refractivity contribution in [1.29, 1.82) is 0 Å². The van der Waals surface area contributed by atoms with Gasteiger partial charge in [-0.2, -0.15) is 21.6 Å². The molecule has 2 aromatic rings. The lowest BCUT2D eigenvalue weighted by atomic mass is 10.1. The number of nitrogens with two attached hydrogens (primary N) is 1. The molecule has 0 unspecified atom stereocenters. The summed E-state index contributed by atoms with van der Waals surface area (Å²) in [5.41, 5.74) is 0.0333. The first-order chi connectivity index (χ1) is 9.15. The van der Waals surface area contributed by atoms with Gasteiger partial charge >= 0.3 is 6.18 Å². The highest BCUT2D eigenvalue weighted by molar-refractivity contribution is 7.90. The van der Waals surface area contributed by atoms with Gasteiger partial charge in [0.25, 0.3) is 10.2 Å². The van der Waals surface area contributed by atoms with Gasteiger partial charge < -0.3 is 0 Å². The number of anilines is 1. The number of alkyl halides is 3. The summed E-state index contributed by atoms with van der Waals surface area (Å²) in [6, 6.07) is 4.39. The Morgan fingerprint density at radius 3 is 2.30 bits per heavy atom. The molecule has 0 aliphatic heterocycles. The molecule has 1 aromatic heterocycles. The van der Waals surface area contributed by atoms with E-state index in [1.807, 2.05) is 4.72 Å². The van der Waals surface area contributed by atoms with Crippen LogP contribution < -0.4 is 9.86 Å². The monoisotopic (exact) mass is 323 g/mol. The molecule has 1 aromatic carbocycles. The average molecular weight is 323 g/mol. The zero-order valence-electron chi connectivity index (χ0n) is 9.68. The second-order valence-electron chi connectivity index (χ2n) is 3.76. The number of nitrogens with one attached hydrogen (secondary N) is 1. The highest BCUT2D eigenvalue weighted by Gasteiger charge is 2.30. The molecule has 2 rings (SSSR count). The molecule has 0 aliphatic carbocycles. The Morgan fingerprint density at radius 2 is 1.80 bits per heavy atom. The minimum Gasteiger partial charge on any atom is -0.246 e. The van der Waals surface area contributed by atoms with Crippen molar-refractivity contribution in [2.24, 2.45) is 5.14 Å². The van der Waals surface area contributed by atoms with E-state index in [1.54, 1.807) is 0 Å². The Hall–Kier alpha value is -1.65. The van der Waals surface area contributed by atoms with E-state index in [2.05, 4.69) is 4.98 Å². The van der Waals surface area contributed by atoms with Gasteiger partial charge in [-0.15, -0.1) is 11.3 Å².